The van der Waals surface area contributed by atoms with Gasteiger partial charge >= 0.3 is 0 Å². The van der Waals surface area contributed by atoms with Crippen molar-refractivity contribution in [2.45, 2.75) is 71.6 Å². The molecule has 0 aliphatic carbocycles. The highest BCUT2D eigenvalue weighted by Crippen LogP contribution is 2.37. The molecule has 234 valence electrons. The number of phenols is 4. The summed E-state index contributed by atoms with van der Waals surface area (Å²) in [4.78, 5) is 0. The Morgan fingerprint density at radius 1 is 0.581 bits per heavy atom. The standard InChI is InChI=1S/C12H17BrO.C11H15BrO.2C6H5BrO/c1-2-3-4-5-7-10-8-6-9-11(14)12(10)13;1-4-11(2,3)8-6-5-7-9(13)10(8)12;7-5-1-3-6(8)4-2-5;7-5-3-1-2-4-6(5)8/h6,8-9,14H,2-5,7H2,1H3;5-7,13H,4H2,1-3H3;2*1-4,8H. The number of aryl methyl sites for hydroxylation is 1. The first kappa shape index (κ1) is 39.0. The molecule has 0 spiro atoms. The average Bonchev–Trinajstić information content (AvgIpc) is 2.99. The molecule has 0 aromatic heterocycles. The van der Waals surface area contributed by atoms with Crippen LogP contribution in [-0.4, -0.2) is 20.4 Å². The van der Waals surface area contributed by atoms with Gasteiger partial charge in [-0.1, -0.05) is 99.3 Å². The van der Waals surface area contributed by atoms with Crippen LogP contribution in [0.2, 0.25) is 0 Å². The molecule has 4 nitrogen and oxygen atoms in total. The van der Waals surface area contributed by atoms with Gasteiger partial charge in [-0.2, -0.15) is 0 Å². The zero-order chi connectivity index (χ0) is 32.4. The summed E-state index contributed by atoms with van der Waals surface area (Å²) in [6, 6.07) is 25.2. The number of halogens is 4. The molecule has 0 amide bonds. The molecule has 4 N–H and O–H groups in total. The number of hydrogen-bond acceptors (Lipinski definition) is 4. The van der Waals surface area contributed by atoms with Crippen LogP contribution in [0, 0.1) is 0 Å². The molecule has 4 aromatic rings. The van der Waals surface area contributed by atoms with Crippen molar-refractivity contribution in [3.63, 3.8) is 0 Å². The van der Waals surface area contributed by atoms with E-state index in [1.165, 1.54) is 31.2 Å². The smallest absolute Gasteiger partial charge is 0.130 e. The molecule has 8 heteroatoms. The predicted molar refractivity (Wildman–Crippen MR) is 194 cm³/mol. The second-order valence-electron chi connectivity index (χ2n) is 10.4. The lowest BCUT2D eigenvalue weighted by Gasteiger charge is -2.24. The van der Waals surface area contributed by atoms with Crippen molar-refractivity contribution in [2.75, 3.05) is 0 Å². The molecule has 0 aliphatic rings. The minimum Gasteiger partial charge on any atom is -0.508 e. The Bertz CT molecular complexity index is 1320. The lowest BCUT2D eigenvalue weighted by molar-refractivity contribution is 0.459. The number of phenolic OH excluding ortho intramolecular Hbond substituents is 4. The first-order chi connectivity index (χ1) is 20.3. The largest absolute Gasteiger partial charge is 0.508 e. The van der Waals surface area contributed by atoms with Gasteiger partial charge in [0.1, 0.15) is 23.0 Å². The van der Waals surface area contributed by atoms with Gasteiger partial charge in [0, 0.05) is 4.47 Å². The molecule has 0 fully saturated rings. The summed E-state index contributed by atoms with van der Waals surface area (Å²) in [6.07, 6.45) is 7.15. The number of benzene rings is 4. The molecule has 0 aliphatic heterocycles. The molecule has 4 aromatic carbocycles. The number of hydrogen-bond donors (Lipinski definition) is 4. The van der Waals surface area contributed by atoms with Crippen molar-refractivity contribution in [3.05, 3.63) is 114 Å². The molecule has 0 heterocycles. The van der Waals surface area contributed by atoms with Crippen molar-refractivity contribution < 1.29 is 20.4 Å². The van der Waals surface area contributed by atoms with Crippen LogP contribution in [-0.2, 0) is 11.8 Å². The van der Waals surface area contributed by atoms with E-state index in [1.54, 1.807) is 54.6 Å². The van der Waals surface area contributed by atoms with Gasteiger partial charge in [-0.15, -0.1) is 0 Å². The minimum absolute atomic E-state index is 0.109. The number of para-hydroxylation sites is 1. The Balaban J connectivity index is 0.000000295. The third kappa shape index (κ3) is 15.0. The highest BCUT2D eigenvalue weighted by Gasteiger charge is 2.21. The fourth-order valence-corrected chi connectivity index (χ4v) is 5.44. The van der Waals surface area contributed by atoms with E-state index in [9.17, 15) is 10.2 Å². The Morgan fingerprint density at radius 3 is 1.65 bits per heavy atom. The molecule has 4 rings (SSSR count). The first-order valence-corrected chi connectivity index (χ1v) is 17.3. The van der Waals surface area contributed by atoms with Crippen LogP contribution in [0.3, 0.4) is 0 Å². The fraction of sp³-hybridized carbons (Fsp3) is 0.314. The number of unbranched alkanes of at least 4 members (excludes halogenated alkanes) is 3. The SMILES string of the molecule is CCC(C)(C)c1cccc(O)c1Br.CCCCCCc1cccc(O)c1Br.Oc1ccc(Br)cc1.Oc1ccccc1Br. The maximum atomic E-state index is 9.51. The summed E-state index contributed by atoms with van der Waals surface area (Å²) >= 11 is 13.2. The highest BCUT2D eigenvalue weighted by atomic mass is 79.9. The van der Waals surface area contributed by atoms with Crippen molar-refractivity contribution in [1.29, 1.82) is 0 Å². The number of aromatic hydroxyl groups is 4. The summed E-state index contributed by atoms with van der Waals surface area (Å²) in [5, 5.41) is 36.6. The van der Waals surface area contributed by atoms with E-state index in [1.807, 2.05) is 24.3 Å². The van der Waals surface area contributed by atoms with Crippen LogP contribution in [0.15, 0.2) is 103 Å². The highest BCUT2D eigenvalue weighted by molar-refractivity contribution is 9.11. The summed E-state index contributed by atoms with van der Waals surface area (Å²) in [7, 11) is 0. The van der Waals surface area contributed by atoms with Crippen LogP contribution < -0.4 is 0 Å². The van der Waals surface area contributed by atoms with Crippen LogP contribution in [0.4, 0.5) is 0 Å². The van der Waals surface area contributed by atoms with E-state index in [4.69, 9.17) is 10.2 Å². The lowest BCUT2D eigenvalue weighted by atomic mass is 9.82. The van der Waals surface area contributed by atoms with Gasteiger partial charge in [0.05, 0.1) is 13.4 Å². The van der Waals surface area contributed by atoms with Gasteiger partial charge in [0.25, 0.3) is 0 Å². The molecule has 0 bridgehead atoms. The molecule has 0 saturated carbocycles. The molecular formula is C35H42Br4O4. The van der Waals surface area contributed by atoms with E-state index in [-0.39, 0.29) is 11.2 Å². The Labute approximate surface area is 290 Å². The second-order valence-corrected chi connectivity index (χ2v) is 13.7. The van der Waals surface area contributed by atoms with Crippen molar-refractivity contribution in [1.82, 2.24) is 0 Å². The van der Waals surface area contributed by atoms with Crippen molar-refractivity contribution in [3.8, 4) is 23.0 Å². The molecule has 0 saturated heterocycles. The van der Waals surface area contributed by atoms with Crippen LogP contribution >= 0.6 is 63.7 Å². The van der Waals surface area contributed by atoms with Gasteiger partial charge in [-0.05, 0) is 132 Å². The van der Waals surface area contributed by atoms with E-state index in [2.05, 4.69) is 97.5 Å². The summed E-state index contributed by atoms with van der Waals surface area (Å²) < 4.78 is 3.40. The minimum atomic E-state index is 0.109. The van der Waals surface area contributed by atoms with E-state index >= 15 is 0 Å². The van der Waals surface area contributed by atoms with Crippen LogP contribution in [0.5, 0.6) is 23.0 Å². The molecular weight excluding hydrogens is 804 g/mol. The normalized spacial score (nSPS) is 10.3. The van der Waals surface area contributed by atoms with Crippen molar-refractivity contribution in [2.24, 2.45) is 0 Å². The lowest BCUT2D eigenvalue weighted by Crippen LogP contribution is -2.15. The van der Waals surface area contributed by atoms with E-state index in [0.717, 1.165) is 36.3 Å². The Morgan fingerprint density at radius 2 is 1.14 bits per heavy atom. The van der Waals surface area contributed by atoms with Crippen LogP contribution in [0.1, 0.15) is 70.9 Å². The van der Waals surface area contributed by atoms with Gasteiger partial charge in [-0.25, -0.2) is 0 Å². The molecule has 0 unspecified atom stereocenters. The monoisotopic (exact) mass is 842 g/mol. The molecule has 0 radical (unpaired) electrons. The summed E-state index contributed by atoms with van der Waals surface area (Å²) in [6.45, 7) is 8.71. The zero-order valence-electron chi connectivity index (χ0n) is 25.1. The molecule has 43 heavy (non-hydrogen) atoms. The van der Waals surface area contributed by atoms with E-state index in [0.29, 0.717) is 17.2 Å². The maximum absolute atomic E-state index is 9.51. The average molecular weight is 846 g/mol. The molecule has 0 atom stereocenters. The fourth-order valence-electron chi connectivity index (χ4n) is 3.63. The van der Waals surface area contributed by atoms with Gasteiger partial charge in [-0.3, -0.25) is 0 Å². The predicted octanol–water partition coefficient (Wildman–Crippen LogP) is 12.4. The summed E-state index contributed by atoms with van der Waals surface area (Å²) in [5.74, 6) is 1.25. The number of rotatable bonds is 7. The first-order valence-electron chi connectivity index (χ1n) is 14.2. The second kappa shape index (κ2) is 20.9. The van der Waals surface area contributed by atoms with E-state index < -0.39 is 0 Å². The maximum Gasteiger partial charge on any atom is 0.130 e. The third-order valence-corrected chi connectivity index (χ3v) is 9.58. The quantitative estimate of drug-likeness (QED) is 0.140. The van der Waals surface area contributed by atoms with Gasteiger partial charge in [0.2, 0.25) is 0 Å². The topological polar surface area (TPSA) is 80.9 Å². The van der Waals surface area contributed by atoms with Crippen LogP contribution in [0.25, 0.3) is 0 Å². The Kier molecular flexibility index (Phi) is 18.9. The Hall–Kier alpha value is -2.00. The van der Waals surface area contributed by atoms with Gasteiger partial charge < -0.3 is 20.4 Å². The summed E-state index contributed by atoms with van der Waals surface area (Å²) in [5.41, 5.74) is 2.48. The zero-order valence-corrected chi connectivity index (χ0v) is 31.5. The van der Waals surface area contributed by atoms with Gasteiger partial charge in [0.15, 0.2) is 0 Å². The third-order valence-electron chi connectivity index (χ3n) is 6.63. The van der Waals surface area contributed by atoms with Crippen molar-refractivity contribution >= 4 is 63.7 Å².